The molecule has 0 aliphatic carbocycles. The number of hydrogen-bond donors (Lipinski definition) is 3. The first kappa shape index (κ1) is 50.3. The van der Waals surface area contributed by atoms with Crippen LogP contribution >= 0.6 is 7.94 Å². The van der Waals surface area contributed by atoms with Crippen LogP contribution in [0.2, 0.25) is 0 Å². The van der Waals surface area contributed by atoms with Gasteiger partial charge in [0.2, 0.25) is 0 Å². The van der Waals surface area contributed by atoms with E-state index in [9.17, 15) is 14.7 Å². The van der Waals surface area contributed by atoms with Crippen molar-refractivity contribution >= 4 is 13.2 Å². The van der Waals surface area contributed by atoms with Crippen LogP contribution in [0.5, 0.6) is 0 Å². The second-order valence-corrected chi connectivity index (χ2v) is 19.3. The van der Waals surface area contributed by atoms with Gasteiger partial charge in [0.1, 0.15) is 0 Å². The minimum atomic E-state index is -4.32. The molecule has 0 fully saturated rings. The van der Waals surface area contributed by atoms with Crippen molar-refractivity contribution in [3.05, 3.63) is 76.9 Å². The Bertz CT molecular complexity index is 1490. The summed E-state index contributed by atoms with van der Waals surface area (Å²) in [7, 11) is -4.32. The zero-order chi connectivity index (χ0) is 41.7. The monoisotopic (exact) mass is 816 g/mol. The molecule has 0 saturated carbocycles. The molecule has 0 bridgehead atoms. The van der Waals surface area contributed by atoms with Crippen LogP contribution < -0.4 is 5.30 Å². The number of unbranched alkanes of at least 4 members (excludes halogenated alkanes) is 24. The van der Waals surface area contributed by atoms with Gasteiger partial charge in [0.25, 0.3) is 0 Å². The molecule has 3 aromatic carbocycles. The molecule has 0 saturated heterocycles. The summed E-state index contributed by atoms with van der Waals surface area (Å²) in [5, 5.41) is 0.394. The van der Waals surface area contributed by atoms with E-state index in [1.54, 1.807) is 0 Å². The van der Waals surface area contributed by atoms with Gasteiger partial charge in [-0.3, -0.25) is 0 Å². The van der Waals surface area contributed by atoms with E-state index in [0.717, 1.165) is 62.5 Å². The largest absolute Gasteiger partial charge is 0.441 e. The van der Waals surface area contributed by atoms with E-state index in [1.807, 2.05) is 6.07 Å². The minimum Gasteiger partial charge on any atom is -0.189 e. The summed E-state index contributed by atoms with van der Waals surface area (Å²) < 4.78 is 0. The SMILES string of the molecule is CCCCCCCCCc1ccccc1-c1cc([P+](O)(O)O)c(CCCCCCCCC)c(CCCCCCCCC)c1-c1ccccc1CCCCCCCCC. The molecule has 0 unspecified atom stereocenters. The van der Waals surface area contributed by atoms with Gasteiger partial charge >= 0.3 is 7.94 Å². The molecule has 4 heteroatoms. The summed E-state index contributed by atoms with van der Waals surface area (Å²) in [6.07, 6.45) is 38.7. The lowest BCUT2D eigenvalue weighted by Crippen LogP contribution is -2.20. The summed E-state index contributed by atoms with van der Waals surface area (Å²) in [6.45, 7) is 9.12. The Morgan fingerprint density at radius 2 is 0.672 bits per heavy atom. The molecule has 326 valence electrons. The Labute approximate surface area is 358 Å². The zero-order valence-electron chi connectivity index (χ0n) is 38.1. The molecule has 3 aromatic rings. The summed E-state index contributed by atoms with van der Waals surface area (Å²) in [5.41, 5.74) is 9.84. The lowest BCUT2D eigenvalue weighted by molar-refractivity contribution is 0.346. The van der Waals surface area contributed by atoms with Gasteiger partial charge in [-0.1, -0.05) is 230 Å². The van der Waals surface area contributed by atoms with Gasteiger partial charge in [-0.15, -0.1) is 0 Å². The van der Waals surface area contributed by atoms with Gasteiger partial charge in [0.15, 0.2) is 5.30 Å². The average molecular weight is 816 g/mol. The van der Waals surface area contributed by atoms with Crippen LogP contribution in [0.3, 0.4) is 0 Å². The molecule has 58 heavy (non-hydrogen) atoms. The number of rotatable bonds is 35. The lowest BCUT2D eigenvalue weighted by Gasteiger charge is -2.25. The van der Waals surface area contributed by atoms with E-state index in [1.165, 1.54) is 187 Å². The van der Waals surface area contributed by atoms with Crippen molar-refractivity contribution < 1.29 is 14.7 Å². The molecule has 3 N–H and O–H groups in total. The molecule has 0 spiro atoms. The van der Waals surface area contributed by atoms with Crippen LogP contribution in [0.15, 0.2) is 54.6 Å². The van der Waals surface area contributed by atoms with Crippen LogP contribution in [0.1, 0.15) is 230 Å². The fourth-order valence-electron chi connectivity index (χ4n) is 9.15. The number of aryl methyl sites for hydroxylation is 2. The Kier molecular flexibility index (Phi) is 26.8. The van der Waals surface area contributed by atoms with Crippen molar-refractivity contribution in [2.24, 2.45) is 0 Å². The first-order chi connectivity index (χ1) is 28.4. The standard InChI is InChI=1S/C54H88O3P/c1-5-9-13-17-21-25-29-37-46-39-33-35-41-48(46)52-45-53(58(55,56)57)50(43-31-27-23-19-15-11-7-3)51(44-32-28-24-20-16-12-8-4)54(52)49-42-36-34-40-47(49)38-30-26-22-18-14-10-6-2/h33-36,39-42,45,55-57H,5-32,37-38,43-44H2,1-4H3/q+1. The Morgan fingerprint density at radius 3 is 1.09 bits per heavy atom. The van der Waals surface area contributed by atoms with Gasteiger partial charge in [-0.25, -0.2) is 0 Å². The van der Waals surface area contributed by atoms with Crippen LogP contribution in [-0.2, 0) is 25.7 Å². The van der Waals surface area contributed by atoms with Crippen molar-refractivity contribution in [2.45, 2.75) is 233 Å². The van der Waals surface area contributed by atoms with E-state index in [-0.39, 0.29) is 0 Å². The van der Waals surface area contributed by atoms with Crippen molar-refractivity contribution in [1.82, 2.24) is 0 Å². The Balaban J connectivity index is 2.17. The fourth-order valence-corrected chi connectivity index (χ4v) is 10.1. The third kappa shape index (κ3) is 18.7. The zero-order valence-corrected chi connectivity index (χ0v) is 39.0. The van der Waals surface area contributed by atoms with E-state index in [0.29, 0.717) is 5.30 Å². The summed E-state index contributed by atoms with van der Waals surface area (Å²) in [4.78, 5) is 34.0. The smallest absolute Gasteiger partial charge is 0.189 e. The molecule has 3 rings (SSSR count). The molecule has 0 aliphatic heterocycles. The van der Waals surface area contributed by atoms with Gasteiger partial charge in [0.05, 0.1) is 0 Å². The highest BCUT2D eigenvalue weighted by Gasteiger charge is 2.40. The predicted octanol–water partition coefficient (Wildman–Crippen LogP) is 16.6. The highest BCUT2D eigenvalue weighted by molar-refractivity contribution is 7.66. The third-order valence-corrected chi connectivity index (χ3v) is 13.6. The van der Waals surface area contributed by atoms with Crippen molar-refractivity contribution in [3.8, 4) is 22.3 Å². The van der Waals surface area contributed by atoms with Crippen LogP contribution in [0.25, 0.3) is 22.3 Å². The van der Waals surface area contributed by atoms with Crippen LogP contribution in [0.4, 0.5) is 0 Å². The van der Waals surface area contributed by atoms with Crippen molar-refractivity contribution in [2.75, 3.05) is 0 Å². The van der Waals surface area contributed by atoms with Gasteiger partial charge in [0, 0.05) is 5.56 Å². The maximum absolute atomic E-state index is 11.3. The Hall–Kier alpha value is -2.03. The molecule has 0 heterocycles. The quantitative estimate of drug-likeness (QED) is 0.0409. The molecule has 3 nitrogen and oxygen atoms in total. The van der Waals surface area contributed by atoms with E-state index < -0.39 is 7.94 Å². The van der Waals surface area contributed by atoms with Gasteiger partial charge < -0.3 is 0 Å². The Morgan fingerprint density at radius 1 is 0.345 bits per heavy atom. The maximum Gasteiger partial charge on any atom is 0.441 e. The van der Waals surface area contributed by atoms with Crippen LogP contribution in [0, 0.1) is 0 Å². The highest BCUT2D eigenvalue weighted by atomic mass is 31.2. The second-order valence-electron chi connectivity index (χ2n) is 17.6. The van der Waals surface area contributed by atoms with Gasteiger partial charge in [-0.2, -0.15) is 14.7 Å². The van der Waals surface area contributed by atoms with Crippen molar-refractivity contribution in [3.63, 3.8) is 0 Å². The average Bonchev–Trinajstić information content (AvgIpc) is 3.22. The van der Waals surface area contributed by atoms with Gasteiger partial charge in [-0.05, 0) is 96.4 Å². The molecular formula is C54H88O3P+. The minimum absolute atomic E-state index is 0.394. The van der Waals surface area contributed by atoms with E-state index in [4.69, 9.17) is 0 Å². The molecule has 0 atom stereocenters. The maximum atomic E-state index is 11.3. The third-order valence-electron chi connectivity index (χ3n) is 12.6. The lowest BCUT2D eigenvalue weighted by atomic mass is 9.81. The van der Waals surface area contributed by atoms with E-state index >= 15 is 0 Å². The van der Waals surface area contributed by atoms with Crippen molar-refractivity contribution in [1.29, 1.82) is 0 Å². The summed E-state index contributed by atoms with van der Waals surface area (Å²) >= 11 is 0. The molecule has 0 radical (unpaired) electrons. The number of hydrogen-bond acceptors (Lipinski definition) is 3. The normalized spacial score (nSPS) is 11.8. The summed E-state index contributed by atoms with van der Waals surface area (Å²) in [5.74, 6) is 0. The van der Waals surface area contributed by atoms with Crippen LogP contribution in [-0.4, -0.2) is 14.7 Å². The fraction of sp³-hybridized carbons (Fsp3) is 0.667. The molecule has 0 aliphatic rings. The molecule has 0 aromatic heterocycles. The second kappa shape index (κ2) is 30.9. The first-order valence-electron chi connectivity index (χ1n) is 24.8. The summed E-state index contributed by atoms with van der Waals surface area (Å²) in [6, 6.07) is 20.0. The predicted molar refractivity (Wildman–Crippen MR) is 257 cm³/mol. The highest BCUT2D eigenvalue weighted by Crippen LogP contribution is 2.49. The topological polar surface area (TPSA) is 60.7 Å². The van der Waals surface area contributed by atoms with E-state index in [2.05, 4.69) is 76.2 Å². The molecule has 0 amide bonds. The number of benzene rings is 3. The molecular weight excluding hydrogens is 728 g/mol. The first-order valence-corrected chi connectivity index (χ1v) is 26.4.